The number of likely N-dealkylation sites (tertiary alicyclic amines) is 1. The molecule has 0 radical (unpaired) electrons. The lowest BCUT2D eigenvalue weighted by Gasteiger charge is -2.32. The molecule has 1 fully saturated rings. The van der Waals surface area contributed by atoms with E-state index >= 15 is 0 Å². The molecule has 7 heteroatoms. The third-order valence-corrected chi connectivity index (χ3v) is 5.86. The summed E-state index contributed by atoms with van der Waals surface area (Å²) in [5.74, 6) is -0.0649. The molecule has 5 N–H and O–H groups in total. The van der Waals surface area contributed by atoms with Crippen LogP contribution in [0, 0.1) is 22.6 Å². The molecular weight excluding hydrogens is 417 g/mol. The molecule has 1 atom stereocenters. The molecule has 1 saturated heterocycles. The van der Waals surface area contributed by atoms with Crippen LogP contribution in [0.3, 0.4) is 0 Å². The molecular formula is C26H36FN5O. The smallest absolute Gasteiger partial charge is 0.220 e. The van der Waals surface area contributed by atoms with Crippen molar-refractivity contribution in [3.8, 4) is 0 Å². The van der Waals surface area contributed by atoms with Crippen LogP contribution in [0.4, 0.5) is 4.39 Å². The fourth-order valence-corrected chi connectivity index (χ4v) is 4.09. The van der Waals surface area contributed by atoms with Gasteiger partial charge in [0.1, 0.15) is 5.82 Å². The number of halogens is 1. The number of nitrogens with zero attached hydrogens (tertiary/aromatic N) is 1. The van der Waals surface area contributed by atoms with E-state index in [0.717, 1.165) is 32.1 Å². The quantitative estimate of drug-likeness (QED) is 0.296. The Balaban J connectivity index is 1.96. The SMILES string of the molecule is C/C=C\C(=C/C=N)C(=N)/C(CNC(=O)CC1CCCN(Cc2ccccc2F)C1)=C(\N)CC. The summed E-state index contributed by atoms with van der Waals surface area (Å²) in [7, 11) is 0. The highest BCUT2D eigenvalue weighted by atomic mass is 19.1. The second-order valence-electron chi connectivity index (χ2n) is 8.34. The highest BCUT2D eigenvalue weighted by Crippen LogP contribution is 2.22. The number of amides is 1. The van der Waals surface area contributed by atoms with Gasteiger partial charge in [-0.05, 0) is 50.8 Å². The van der Waals surface area contributed by atoms with E-state index in [1.807, 2.05) is 26.0 Å². The van der Waals surface area contributed by atoms with Crippen LogP contribution in [-0.2, 0) is 11.3 Å². The highest BCUT2D eigenvalue weighted by molar-refractivity contribution is 6.14. The molecule has 0 aliphatic carbocycles. The first-order chi connectivity index (χ1) is 15.9. The first-order valence-corrected chi connectivity index (χ1v) is 11.5. The lowest BCUT2D eigenvalue weighted by atomic mass is 9.93. The van der Waals surface area contributed by atoms with Crippen molar-refractivity contribution in [3.63, 3.8) is 0 Å². The summed E-state index contributed by atoms with van der Waals surface area (Å²) in [5, 5.41) is 18.8. The Hall–Kier alpha value is -3.06. The Bertz CT molecular complexity index is 934. The van der Waals surface area contributed by atoms with Gasteiger partial charge in [-0.3, -0.25) is 15.1 Å². The third kappa shape index (κ3) is 8.09. The van der Waals surface area contributed by atoms with Crippen molar-refractivity contribution < 1.29 is 9.18 Å². The fourth-order valence-electron chi connectivity index (χ4n) is 4.09. The second kappa shape index (κ2) is 13.5. The van der Waals surface area contributed by atoms with Gasteiger partial charge in [0.05, 0.1) is 5.71 Å². The van der Waals surface area contributed by atoms with Gasteiger partial charge in [-0.2, -0.15) is 0 Å². The van der Waals surface area contributed by atoms with Gasteiger partial charge in [0, 0.05) is 54.7 Å². The Morgan fingerprint density at radius 1 is 1.36 bits per heavy atom. The molecule has 0 bridgehead atoms. The summed E-state index contributed by atoms with van der Waals surface area (Å²) >= 11 is 0. The number of benzene rings is 1. The molecule has 0 aromatic heterocycles. The van der Waals surface area contributed by atoms with Gasteiger partial charge in [-0.1, -0.05) is 37.3 Å². The van der Waals surface area contributed by atoms with E-state index in [1.54, 1.807) is 24.3 Å². The Morgan fingerprint density at radius 2 is 2.12 bits per heavy atom. The zero-order valence-electron chi connectivity index (χ0n) is 19.7. The number of piperidine rings is 1. The maximum absolute atomic E-state index is 14.0. The normalized spacial score (nSPS) is 18.2. The van der Waals surface area contributed by atoms with E-state index in [0.29, 0.717) is 41.8 Å². The molecule has 178 valence electrons. The van der Waals surface area contributed by atoms with Gasteiger partial charge in [-0.15, -0.1) is 0 Å². The van der Waals surface area contributed by atoms with Crippen LogP contribution in [0.1, 0.15) is 45.1 Å². The van der Waals surface area contributed by atoms with Crippen molar-refractivity contribution in [2.75, 3.05) is 19.6 Å². The Kier molecular flexibility index (Phi) is 10.7. The molecule has 33 heavy (non-hydrogen) atoms. The fraction of sp³-hybridized carbons (Fsp3) is 0.423. The van der Waals surface area contributed by atoms with Gasteiger partial charge >= 0.3 is 0 Å². The maximum atomic E-state index is 14.0. The van der Waals surface area contributed by atoms with Gasteiger partial charge in [0.15, 0.2) is 0 Å². The van der Waals surface area contributed by atoms with Crippen LogP contribution < -0.4 is 11.1 Å². The average molecular weight is 454 g/mol. The number of nitrogens with two attached hydrogens (primary N) is 1. The number of nitrogens with one attached hydrogen (secondary N) is 3. The van der Waals surface area contributed by atoms with E-state index in [1.165, 1.54) is 6.07 Å². The molecule has 1 heterocycles. The first kappa shape index (κ1) is 26.2. The minimum atomic E-state index is -0.193. The molecule has 6 nitrogen and oxygen atoms in total. The number of carbonyl (C=O) groups excluding carboxylic acids is 1. The van der Waals surface area contributed by atoms with Crippen LogP contribution >= 0.6 is 0 Å². The zero-order valence-corrected chi connectivity index (χ0v) is 19.7. The molecule has 1 aromatic carbocycles. The maximum Gasteiger partial charge on any atom is 0.220 e. The first-order valence-electron chi connectivity index (χ1n) is 11.5. The predicted molar refractivity (Wildman–Crippen MR) is 133 cm³/mol. The topological polar surface area (TPSA) is 106 Å². The molecule has 0 spiro atoms. The molecule has 1 amide bonds. The highest BCUT2D eigenvalue weighted by Gasteiger charge is 2.23. The summed E-state index contributed by atoms with van der Waals surface area (Å²) in [6, 6.07) is 6.82. The van der Waals surface area contributed by atoms with Crippen molar-refractivity contribution in [1.29, 1.82) is 10.8 Å². The standard InChI is InChI=1S/C26H36FN5O/c1-3-8-20(12-13-28)26(30)22(24(29)4-2)16-31-25(33)15-19-9-7-14-32(17-19)18-21-10-5-6-11-23(21)27/h3,5-6,8,10-13,19,28,30H,4,7,9,14-18,29H2,1-2H3,(H,31,33)/b8-3-,20-12+,24-22-,28-13?,30-26?. The van der Waals surface area contributed by atoms with Gasteiger partial charge in [-0.25, -0.2) is 4.39 Å². The van der Waals surface area contributed by atoms with Gasteiger partial charge in [0.2, 0.25) is 5.91 Å². The van der Waals surface area contributed by atoms with Crippen LogP contribution in [0.2, 0.25) is 0 Å². The Labute approximate surface area is 196 Å². The van der Waals surface area contributed by atoms with Crippen molar-refractivity contribution in [1.82, 2.24) is 10.2 Å². The van der Waals surface area contributed by atoms with Crippen LogP contribution in [0.25, 0.3) is 0 Å². The minimum Gasteiger partial charge on any atom is -0.402 e. The summed E-state index contributed by atoms with van der Waals surface area (Å²) in [4.78, 5) is 14.9. The predicted octanol–water partition coefficient (Wildman–Crippen LogP) is 4.34. The summed E-state index contributed by atoms with van der Waals surface area (Å²) in [6.45, 7) is 6.14. The van der Waals surface area contributed by atoms with E-state index in [-0.39, 0.29) is 29.9 Å². The largest absolute Gasteiger partial charge is 0.402 e. The third-order valence-electron chi connectivity index (χ3n) is 5.86. The van der Waals surface area contributed by atoms with Gasteiger partial charge in [0.25, 0.3) is 0 Å². The lowest BCUT2D eigenvalue weighted by molar-refractivity contribution is -0.122. The van der Waals surface area contributed by atoms with Crippen molar-refractivity contribution in [2.45, 2.75) is 46.1 Å². The average Bonchev–Trinajstić information content (AvgIpc) is 2.80. The number of hydrogen-bond acceptors (Lipinski definition) is 5. The van der Waals surface area contributed by atoms with Gasteiger partial charge < -0.3 is 16.5 Å². The molecule has 2 rings (SSSR count). The number of allylic oxidation sites excluding steroid dienone is 5. The number of hydrogen-bond donors (Lipinski definition) is 4. The molecule has 1 aliphatic heterocycles. The molecule has 1 aromatic rings. The molecule has 1 unspecified atom stereocenters. The van der Waals surface area contributed by atoms with E-state index in [4.69, 9.17) is 16.6 Å². The number of carbonyl (C=O) groups is 1. The van der Waals surface area contributed by atoms with E-state index < -0.39 is 0 Å². The number of rotatable bonds is 11. The summed E-state index contributed by atoms with van der Waals surface area (Å²) < 4.78 is 14.0. The molecule has 1 aliphatic rings. The van der Waals surface area contributed by atoms with Crippen molar-refractivity contribution in [2.24, 2.45) is 11.7 Å². The van der Waals surface area contributed by atoms with E-state index in [9.17, 15) is 9.18 Å². The Morgan fingerprint density at radius 3 is 2.79 bits per heavy atom. The summed E-state index contributed by atoms with van der Waals surface area (Å²) in [6.07, 6.45) is 9.13. The van der Waals surface area contributed by atoms with Crippen LogP contribution in [0.15, 0.2) is 59.3 Å². The lowest BCUT2D eigenvalue weighted by Crippen LogP contribution is -2.38. The minimum absolute atomic E-state index is 0.0782. The van der Waals surface area contributed by atoms with Crippen molar-refractivity contribution >= 4 is 17.8 Å². The van der Waals surface area contributed by atoms with E-state index in [2.05, 4.69) is 10.2 Å². The molecule has 0 saturated carbocycles. The monoisotopic (exact) mass is 453 g/mol. The summed E-state index contributed by atoms with van der Waals surface area (Å²) in [5.41, 5.74) is 8.75. The van der Waals surface area contributed by atoms with Crippen LogP contribution in [0.5, 0.6) is 0 Å². The van der Waals surface area contributed by atoms with Crippen molar-refractivity contribution in [3.05, 3.63) is 70.7 Å². The second-order valence-corrected chi connectivity index (χ2v) is 8.34. The zero-order chi connectivity index (χ0) is 24.2. The van der Waals surface area contributed by atoms with Crippen LogP contribution in [-0.4, -0.2) is 42.4 Å².